The van der Waals surface area contributed by atoms with Crippen LogP contribution in [0.2, 0.25) is 0 Å². The number of benzene rings is 2. The molecule has 0 saturated carbocycles. The molecule has 1 saturated heterocycles. The van der Waals surface area contributed by atoms with Crippen molar-refractivity contribution in [1.82, 2.24) is 4.90 Å². The SMILES string of the molecule is CN1C(=O)/C(=C/c2ccc(-c3cccc(F)c3)o2)SC1=Nc1ccc(C(=O)O)cc1. The Kier molecular flexibility index (Phi) is 5.24. The van der Waals surface area contributed by atoms with Gasteiger partial charge in [0.2, 0.25) is 0 Å². The molecule has 150 valence electrons. The van der Waals surface area contributed by atoms with Crippen LogP contribution in [0.15, 0.2) is 75.0 Å². The number of aromatic carboxylic acids is 1. The number of thioether (sulfide) groups is 1. The quantitative estimate of drug-likeness (QED) is 0.597. The lowest BCUT2D eigenvalue weighted by molar-refractivity contribution is -0.121. The van der Waals surface area contributed by atoms with Crippen LogP contribution < -0.4 is 0 Å². The van der Waals surface area contributed by atoms with Gasteiger partial charge in [-0.25, -0.2) is 14.2 Å². The molecule has 1 aromatic heterocycles. The minimum atomic E-state index is -1.02. The van der Waals surface area contributed by atoms with Gasteiger partial charge in [-0.05, 0) is 60.3 Å². The molecular formula is C22H15FN2O4S. The Bertz CT molecular complexity index is 1200. The number of carbonyl (C=O) groups is 2. The second kappa shape index (κ2) is 8.00. The summed E-state index contributed by atoms with van der Waals surface area (Å²) < 4.78 is 19.2. The number of rotatable bonds is 4. The average Bonchev–Trinajstić information content (AvgIpc) is 3.29. The molecule has 3 aromatic rings. The summed E-state index contributed by atoms with van der Waals surface area (Å²) in [6, 6.07) is 15.6. The molecule has 6 nitrogen and oxygen atoms in total. The fourth-order valence-electron chi connectivity index (χ4n) is 2.80. The largest absolute Gasteiger partial charge is 0.478 e. The molecule has 0 unspecified atom stereocenters. The van der Waals surface area contributed by atoms with Crippen LogP contribution in [-0.4, -0.2) is 34.1 Å². The third-order valence-corrected chi connectivity index (χ3v) is 5.41. The Morgan fingerprint density at radius 2 is 1.93 bits per heavy atom. The Labute approximate surface area is 175 Å². The smallest absolute Gasteiger partial charge is 0.335 e. The van der Waals surface area contributed by atoms with Crippen LogP contribution in [0.25, 0.3) is 17.4 Å². The molecule has 30 heavy (non-hydrogen) atoms. The van der Waals surface area contributed by atoms with Crippen LogP contribution in [-0.2, 0) is 4.79 Å². The minimum absolute atomic E-state index is 0.162. The molecule has 4 rings (SSSR count). The Balaban J connectivity index is 1.56. The van der Waals surface area contributed by atoms with E-state index < -0.39 is 5.97 Å². The predicted molar refractivity (Wildman–Crippen MR) is 113 cm³/mol. The fraction of sp³-hybridized carbons (Fsp3) is 0.0455. The van der Waals surface area contributed by atoms with E-state index in [2.05, 4.69) is 4.99 Å². The van der Waals surface area contributed by atoms with E-state index in [1.54, 1.807) is 49.5 Å². The van der Waals surface area contributed by atoms with Gasteiger partial charge in [-0.15, -0.1) is 0 Å². The number of nitrogens with zero attached hydrogens (tertiary/aromatic N) is 2. The van der Waals surface area contributed by atoms with Crippen LogP contribution in [0, 0.1) is 5.82 Å². The topological polar surface area (TPSA) is 83.1 Å². The van der Waals surface area contributed by atoms with E-state index in [1.165, 1.54) is 40.9 Å². The molecule has 1 fully saturated rings. The summed E-state index contributed by atoms with van der Waals surface area (Å²) in [4.78, 5) is 29.8. The summed E-state index contributed by atoms with van der Waals surface area (Å²) in [6.45, 7) is 0. The summed E-state index contributed by atoms with van der Waals surface area (Å²) in [5, 5.41) is 9.44. The number of furan rings is 1. The monoisotopic (exact) mass is 422 g/mol. The number of aliphatic imine (C=N–C) groups is 1. The van der Waals surface area contributed by atoms with E-state index >= 15 is 0 Å². The maximum absolute atomic E-state index is 13.4. The van der Waals surface area contributed by atoms with Crippen LogP contribution in [0.3, 0.4) is 0 Å². The Morgan fingerprint density at radius 1 is 1.17 bits per heavy atom. The number of carboxylic acids is 1. The van der Waals surface area contributed by atoms with E-state index in [0.29, 0.717) is 32.8 Å². The van der Waals surface area contributed by atoms with Crippen molar-refractivity contribution >= 4 is 40.6 Å². The van der Waals surface area contributed by atoms with Crippen molar-refractivity contribution in [3.8, 4) is 11.3 Å². The molecule has 0 bridgehead atoms. The number of hydrogen-bond donors (Lipinski definition) is 1. The van der Waals surface area contributed by atoms with Gasteiger partial charge in [-0.3, -0.25) is 9.69 Å². The average molecular weight is 422 g/mol. The van der Waals surface area contributed by atoms with Gasteiger partial charge in [0.1, 0.15) is 17.3 Å². The Hall–Kier alpha value is -3.65. The van der Waals surface area contributed by atoms with Gasteiger partial charge in [-0.2, -0.15) is 0 Å². The van der Waals surface area contributed by atoms with Gasteiger partial charge < -0.3 is 9.52 Å². The van der Waals surface area contributed by atoms with Crippen molar-refractivity contribution in [3.63, 3.8) is 0 Å². The number of amidine groups is 1. The number of carbonyl (C=O) groups excluding carboxylic acids is 1. The number of hydrogen-bond acceptors (Lipinski definition) is 5. The maximum atomic E-state index is 13.4. The second-order valence-corrected chi connectivity index (χ2v) is 7.44. The van der Waals surface area contributed by atoms with Gasteiger partial charge in [0, 0.05) is 18.7 Å². The first-order valence-corrected chi connectivity index (χ1v) is 9.68. The lowest BCUT2D eigenvalue weighted by atomic mass is 10.2. The van der Waals surface area contributed by atoms with Crippen molar-refractivity contribution in [2.75, 3.05) is 7.05 Å². The highest BCUT2D eigenvalue weighted by Crippen LogP contribution is 2.34. The number of halogens is 1. The van der Waals surface area contributed by atoms with Gasteiger partial charge in [-0.1, -0.05) is 12.1 Å². The summed E-state index contributed by atoms with van der Waals surface area (Å²) in [5.41, 5.74) is 1.30. The minimum Gasteiger partial charge on any atom is -0.478 e. The third kappa shape index (κ3) is 4.04. The van der Waals surface area contributed by atoms with E-state index in [1.807, 2.05) is 0 Å². The summed E-state index contributed by atoms with van der Waals surface area (Å²) in [5.74, 6) is -0.644. The molecule has 1 amide bonds. The summed E-state index contributed by atoms with van der Waals surface area (Å²) in [7, 11) is 1.61. The molecule has 1 aliphatic heterocycles. The molecule has 1 N–H and O–H groups in total. The molecule has 2 heterocycles. The zero-order valence-corrected chi connectivity index (χ0v) is 16.5. The molecule has 0 radical (unpaired) electrons. The van der Waals surface area contributed by atoms with E-state index in [4.69, 9.17) is 9.52 Å². The van der Waals surface area contributed by atoms with Gasteiger partial charge in [0.25, 0.3) is 5.91 Å². The van der Waals surface area contributed by atoms with Crippen LogP contribution in [0.1, 0.15) is 16.1 Å². The van der Waals surface area contributed by atoms with E-state index in [-0.39, 0.29) is 17.3 Å². The van der Waals surface area contributed by atoms with Crippen molar-refractivity contribution < 1.29 is 23.5 Å². The number of amides is 1. The fourth-order valence-corrected chi connectivity index (χ4v) is 3.76. The third-order valence-electron chi connectivity index (χ3n) is 4.35. The van der Waals surface area contributed by atoms with Crippen molar-refractivity contribution in [1.29, 1.82) is 0 Å². The highest BCUT2D eigenvalue weighted by atomic mass is 32.2. The first kappa shape index (κ1) is 19.7. The first-order chi connectivity index (χ1) is 14.4. The van der Waals surface area contributed by atoms with Gasteiger partial charge in [0.15, 0.2) is 5.17 Å². The number of likely N-dealkylation sites (N-methyl/N-ethyl adjacent to an activating group) is 1. The zero-order valence-electron chi connectivity index (χ0n) is 15.7. The highest BCUT2D eigenvalue weighted by Gasteiger charge is 2.30. The predicted octanol–water partition coefficient (Wildman–Crippen LogP) is 5.02. The zero-order chi connectivity index (χ0) is 21.3. The lowest BCUT2D eigenvalue weighted by Gasteiger charge is -2.07. The second-order valence-electron chi connectivity index (χ2n) is 6.43. The maximum Gasteiger partial charge on any atom is 0.335 e. The highest BCUT2D eigenvalue weighted by molar-refractivity contribution is 8.18. The Morgan fingerprint density at radius 3 is 2.63 bits per heavy atom. The molecule has 0 aliphatic carbocycles. The van der Waals surface area contributed by atoms with Crippen LogP contribution >= 0.6 is 11.8 Å². The van der Waals surface area contributed by atoms with Gasteiger partial charge in [0.05, 0.1) is 16.2 Å². The molecule has 0 spiro atoms. The van der Waals surface area contributed by atoms with Crippen LogP contribution in [0.5, 0.6) is 0 Å². The molecule has 8 heteroatoms. The van der Waals surface area contributed by atoms with E-state index in [0.717, 1.165) is 0 Å². The number of carboxylic acid groups (broad SMARTS) is 1. The lowest BCUT2D eigenvalue weighted by Crippen LogP contribution is -2.23. The van der Waals surface area contributed by atoms with Crippen LogP contribution in [0.4, 0.5) is 10.1 Å². The molecule has 2 aromatic carbocycles. The molecule has 0 atom stereocenters. The van der Waals surface area contributed by atoms with Crippen molar-refractivity contribution in [3.05, 3.63) is 82.7 Å². The first-order valence-electron chi connectivity index (χ1n) is 8.86. The van der Waals surface area contributed by atoms with Gasteiger partial charge >= 0.3 is 5.97 Å². The molecule has 1 aliphatic rings. The molecular weight excluding hydrogens is 407 g/mol. The normalized spacial score (nSPS) is 16.6. The standard InChI is InChI=1S/C22H15FN2O4S/c1-25-20(26)19(30-22(25)24-16-7-5-13(6-8-16)21(27)28)12-17-9-10-18(29-17)14-3-2-4-15(23)11-14/h2-12H,1H3,(H,27,28)/b19-12-,24-22?. The van der Waals surface area contributed by atoms with Crippen molar-refractivity contribution in [2.45, 2.75) is 0 Å². The summed E-state index contributed by atoms with van der Waals surface area (Å²) >= 11 is 1.19. The van der Waals surface area contributed by atoms with E-state index in [9.17, 15) is 14.0 Å². The summed E-state index contributed by atoms with van der Waals surface area (Å²) in [6.07, 6.45) is 1.61. The van der Waals surface area contributed by atoms with Crippen molar-refractivity contribution in [2.24, 2.45) is 4.99 Å².